The van der Waals surface area contributed by atoms with Crippen LogP contribution in [0.4, 0.5) is 10.5 Å². The van der Waals surface area contributed by atoms with Gasteiger partial charge in [0.15, 0.2) is 0 Å². The lowest BCUT2D eigenvalue weighted by Gasteiger charge is -2.21. The Labute approximate surface area is 119 Å². The highest BCUT2D eigenvalue weighted by molar-refractivity contribution is 9.10. The van der Waals surface area contributed by atoms with E-state index in [-0.39, 0.29) is 18.6 Å². The fraction of sp³-hybridized carbons (Fsp3) is 0.385. The zero-order valence-corrected chi connectivity index (χ0v) is 12.1. The average Bonchev–Trinajstić information content (AvgIpc) is 3.13. The molecule has 1 saturated carbocycles. The molecule has 0 saturated heterocycles. The molecule has 2 amide bonds. The summed E-state index contributed by atoms with van der Waals surface area (Å²) < 4.78 is 0.938. The van der Waals surface area contributed by atoms with Crippen LogP contribution in [0.3, 0.4) is 0 Å². The second kappa shape index (κ2) is 5.61. The van der Waals surface area contributed by atoms with E-state index < -0.39 is 5.97 Å². The van der Waals surface area contributed by atoms with Crippen molar-refractivity contribution in [3.8, 4) is 0 Å². The summed E-state index contributed by atoms with van der Waals surface area (Å²) in [5, 5.41) is 11.6. The molecule has 0 heterocycles. The van der Waals surface area contributed by atoms with Crippen LogP contribution in [0.2, 0.25) is 0 Å². The monoisotopic (exact) mass is 326 g/mol. The SMILES string of the molecule is Cc1cc(Br)ccc1NC(=O)N(CC(=O)O)C1CC1. The molecule has 0 aromatic heterocycles. The summed E-state index contributed by atoms with van der Waals surface area (Å²) in [7, 11) is 0. The molecular formula is C13H15BrN2O3. The van der Waals surface area contributed by atoms with Gasteiger partial charge in [0, 0.05) is 16.2 Å². The molecule has 6 heteroatoms. The molecule has 1 aliphatic rings. The normalized spacial score (nSPS) is 14.0. The predicted octanol–water partition coefficient (Wildman–Crippen LogP) is 2.84. The largest absolute Gasteiger partial charge is 0.480 e. The quantitative estimate of drug-likeness (QED) is 0.893. The second-order valence-electron chi connectivity index (χ2n) is 4.64. The molecule has 0 radical (unpaired) electrons. The van der Waals surface area contributed by atoms with Crippen LogP contribution in [0.1, 0.15) is 18.4 Å². The molecule has 0 atom stereocenters. The Morgan fingerprint density at radius 2 is 2.16 bits per heavy atom. The van der Waals surface area contributed by atoms with E-state index in [1.54, 1.807) is 6.07 Å². The Bertz CT molecular complexity index is 515. The molecule has 1 aliphatic carbocycles. The highest BCUT2D eigenvalue weighted by Gasteiger charge is 2.34. The molecule has 0 bridgehead atoms. The van der Waals surface area contributed by atoms with Crippen molar-refractivity contribution >= 4 is 33.6 Å². The fourth-order valence-corrected chi connectivity index (χ4v) is 2.33. The Hall–Kier alpha value is -1.56. The van der Waals surface area contributed by atoms with Gasteiger partial charge in [-0.05, 0) is 43.5 Å². The number of carboxylic acids is 1. The lowest BCUT2D eigenvalue weighted by Crippen LogP contribution is -2.40. The molecule has 1 aromatic rings. The van der Waals surface area contributed by atoms with E-state index >= 15 is 0 Å². The molecule has 2 rings (SSSR count). The first-order valence-electron chi connectivity index (χ1n) is 6.03. The topological polar surface area (TPSA) is 69.6 Å². The predicted molar refractivity (Wildman–Crippen MR) is 75.3 cm³/mol. The summed E-state index contributed by atoms with van der Waals surface area (Å²) >= 11 is 3.36. The first-order valence-corrected chi connectivity index (χ1v) is 6.82. The highest BCUT2D eigenvalue weighted by Crippen LogP contribution is 2.28. The molecule has 19 heavy (non-hydrogen) atoms. The number of rotatable bonds is 4. The number of aryl methyl sites for hydroxylation is 1. The van der Waals surface area contributed by atoms with E-state index in [1.807, 2.05) is 19.1 Å². The Kier molecular flexibility index (Phi) is 4.09. The molecule has 0 aliphatic heterocycles. The first kappa shape index (κ1) is 13.9. The maximum Gasteiger partial charge on any atom is 0.323 e. The summed E-state index contributed by atoms with van der Waals surface area (Å²) in [6.45, 7) is 1.63. The number of halogens is 1. The summed E-state index contributed by atoms with van der Waals surface area (Å²) in [6.07, 6.45) is 1.75. The van der Waals surface area contributed by atoms with Gasteiger partial charge in [-0.2, -0.15) is 0 Å². The van der Waals surface area contributed by atoms with E-state index in [2.05, 4.69) is 21.2 Å². The van der Waals surface area contributed by atoms with Crippen LogP contribution in [0.25, 0.3) is 0 Å². The van der Waals surface area contributed by atoms with Gasteiger partial charge in [-0.25, -0.2) is 4.79 Å². The van der Waals surface area contributed by atoms with E-state index in [4.69, 9.17) is 5.11 Å². The van der Waals surface area contributed by atoms with E-state index in [1.165, 1.54) is 4.90 Å². The number of benzene rings is 1. The third kappa shape index (κ3) is 3.70. The third-order valence-electron chi connectivity index (χ3n) is 2.98. The van der Waals surface area contributed by atoms with Gasteiger partial charge in [0.2, 0.25) is 0 Å². The second-order valence-corrected chi connectivity index (χ2v) is 5.56. The minimum Gasteiger partial charge on any atom is -0.480 e. The number of hydrogen-bond donors (Lipinski definition) is 2. The smallest absolute Gasteiger partial charge is 0.323 e. The lowest BCUT2D eigenvalue weighted by molar-refractivity contribution is -0.137. The maximum absolute atomic E-state index is 12.1. The van der Waals surface area contributed by atoms with E-state index in [9.17, 15) is 9.59 Å². The summed E-state index contributed by atoms with van der Waals surface area (Å²) in [5.41, 5.74) is 1.62. The van der Waals surface area contributed by atoms with Crippen molar-refractivity contribution in [2.24, 2.45) is 0 Å². The van der Waals surface area contributed by atoms with Crippen molar-refractivity contribution in [3.63, 3.8) is 0 Å². The van der Waals surface area contributed by atoms with Crippen LogP contribution in [-0.4, -0.2) is 34.6 Å². The van der Waals surface area contributed by atoms with Gasteiger partial charge < -0.3 is 15.3 Å². The van der Waals surface area contributed by atoms with Gasteiger partial charge in [0.05, 0.1) is 0 Å². The molecule has 1 aromatic carbocycles. The van der Waals surface area contributed by atoms with Gasteiger partial charge in [-0.3, -0.25) is 4.79 Å². The van der Waals surface area contributed by atoms with Crippen LogP contribution in [0.15, 0.2) is 22.7 Å². The van der Waals surface area contributed by atoms with Crippen molar-refractivity contribution in [2.45, 2.75) is 25.8 Å². The van der Waals surface area contributed by atoms with E-state index in [0.717, 1.165) is 22.9 Å². The number of carbonyl (C=O) groups excluding carboxylic acids is 1. The summed E-state index contributed by atoms with van der Waals surface area (Å²) in [5.74, 6) is -0.991. The molecular weight excluding hydrogens is 312 g/mol. The number of carbonyl (C=O) groups is 2. The van der Waals surface area contributed by atoms with Crippen LogP contribution in [0.5, 0.6) is 0 Å². The zero-order valence-electron chi connectivity index (χ0n) is 10.5. The molecule has 0 spiro atoms. The average molecular weight is 327 g/mol. The van der Waals surface area contributed by atoms with Gasteiger partial charge in [0.25, 0.3) is 0 Å². The lowest BCUT2D eigenvalue weighted by atomic mass is 10.2. The van der Waals surface area contributed by atoms with E-state index in [0.29, 0.717) is 5.69 Å². The number of nitrogens with zero attached hydrogens (tertiary/aromatic N) is 1. The molecule has 5 nitrogen and oxygen atoms in total. The minimum atomic E-state index is -0.991. The number of urea groups is 1. The van der Waals surface area contributed by atoms with Gasteiger partial charge in [-0.1, -0.05) is 15.9 Å². The van der Waals surface area contributed by atoms with Crippen LogP contribution in [0, 0.1) is 6.92 Å². The van der Waals surface area contributed by atoms with Gasteiger partial charge in [-0.15, -0.1) is 0 Å². The van der Waals surface area contributed by atoms with Crippen molar-refractivity contribution in [3.05, 3.63) is 28.2 Å². The number of aliphatic carboxylic acids is 1. The third-order valence-corrected chi connectivity index (χ3v) is 3.48. The maximum atomic E-state index is 12.1. The minimum absolute atomic E-state index is 0.0619. The number of nitrogens with one attached hydrogen (secondary N) is 1. The summed E-state index contributed by atoms with van der Waals surface area (Å²) in [6, 6.07) is 5.24. The van der Waals surface area contributed by atoms with Crippen LogP contribution < -0.4 is 5.32 Å². The Morgan fingerprint density at radius 1 is 1.47 bits per heavy atom. The zero-order chi connectivity index (χ0) is 14.0. The van der Waals surface area contributed by atoms with Crippen molar-refractivity contribution < 1.29 is 14.7 Å². The standard InChI is InChI=1S/C13H15BrN2O3/c1-8-6-9(14)2-5-11(8)15-13(19)16(7-12(17)18)10-3-4-10/h2,5-6,10H,3-4,7H2,1H3,(H,15,19)(H,17,18). The Balaban J connectivity index is 2.07. The van der Waals surface area contributed by atoms with Crippen molar-refractivity contribution in [2.75, 3.05) is 11.9 Å². The number of amides is 2. The number of anilines is 1. The van der Waals surface area contributed by atoms with Gasteiger partial charge >= 0.3 is 12.0 Å². The highest BCUT2D eigenvalue weighted by atomic mass is 79.9. The van der Waals surface area contributed by atoms with Crippen LogP contribution in [-0.2, 0) is 4.79 Å². The Morgan fingerprint density at radius 3 is 2.68 bits per heavy atom. The molecule has 1 fully saturated rings. The van der Waals surface area contributed by atoms with Crippen LogP contribution >= 0.6 is 15.9 Å². The first-order chi connectivity index (χ1) is 8.97. The molecule has 2 N–H and O–H groups in total. The van der Waals surface area contributed by atoms with Crippen molar-refractivity contribution in [1.29, 1.82) is 0 Å². The number of hydrogen-bond acceptors (Lipinski definition) is 2. The number of carboxylic acid groups (broad SMARTS) is 1. The summed E-state index contributed by atoms with van der Waals surface area (Å²) in [4.78, 5) is 24.3. The van der Waals surface area contributed by atoms with Gasteiger partial charge in [0.1, 0.15) is 6.54 Å². The molecule has 0 unspecified atom stereocenters. The molecule has 102 valence electrons. The van der Waals surface area contributed by atoms with Crippen molar-refractivity contribution in [1.82, 2.24) is 4.90 Å². The fourth-order valence-electron chi connectivity index (χ4n) is 1.85.